The number of amides is 1. The maximum absolute atomic E-state index is 11.9. The van der Waals surface area contributed by atoms with E-state index in [0.29, 0.717) is 18.0 Å². The maximum Gasteiger partial charge on any atom is 0.224 e. The van der Waals surface area contributed by atoms with E-state index < -0.39 is 0 Å². The first-order chi connectivity index (χ1) is 10.1. The molecule has 4 heteroatoms. The normalized spacial score (nSPS) is 10.7. The van der Waals surface area contributed by atoms with Crippen LogP contribution < -0.4 is 5.32 Å². The predicted octanol–water partition coefficient (Wildman–Crippen LogP) is 3.40. The van der Waals surface area contributed by atoms with Gasteiger partial charge in [-0.05, 0) is 57.1 Å². The molecular weight excluding hydrogens is 262 g/mol. The molecule has 0 spiro atoms. The predicted molar refractivity (Wildman–Crippen MR) is 86.0 cm³/mol. The number of nitriles is 1. The van der Waals surface area contributed by atoms with Crippen molar-refractivity contribution in [1.29, 1.82) is 5.26 Å². The van der Waals surface area contributed by atoms with Crippen molar-refractivity contribution in [3.63, 3.8) is 0 Å². The molecule has 21 heavy (non-hydrogen) atoms. The summed E-state index contributed by atoms with van der Waals surface area (Å²) < 4.78 is 0. The third kappa shape index (κ3) is 5.97. The van der Waals surface area contributed by atoms with Gasteiger partial charge in [-0.2, -0.15) is 5.26 Å². The Morgan fingerprint density at radius 3 is 2.43 bits per heavy atom. The highest BCUT2D eigenvalue weighted by molar-refractivity contribution is 5.90. The van der Waals surface area contributed by atoms with E-state index in [-0.39, 0.29) is 5.91 Å². The van der Waals surface area contributed by atoms with Crippen LogP contribution in [0.5, 0.6) is 0 Å². The maximum atomic E-state index is 11.9. The average molecular weight is 287 g/mol. The Balaban J connectivity index is 2.32. The van der Waals surface area contributed by atoms with E-state index in [1.54, 1.807) is 24.3 Å². The van der Waals surface area contributed by atoms with Crippen molar-refractivity contribution in [1.82, 2.24) is 4.90 Å². The number of carbonyl (C=O) groups is 1. The first-order valence-corrected chi connectivity index (χ1v) is 7.61. The number of benzene rings is 1. The van der Waals surface area contributed by atoms with E-state index in [0.717, 1.165) is 31.5 Å². The number of rotatable bonds is 8. The monoisotopic (exact) mass is 287 g/mol. The van der Waals surface area contributed by atoms with Crippen LogP contribution in [0.4, 0.5) is 5.69 Å². The van der Waals surface area contributed by atoms with E-state index in [4.69, 9.17) is 5.26 Å². The minimum absolute atomic E-state index is 0.0256. The summed E-state index contributed by atoms with van der Waals surface area (Å²) >= 11 is 0. The standard InChI is InChI=1S/C17H25N3O/c1-4-16(5-2)20(3)12-6-7-17(21)19-15-10-8-14(13-18)9-11-15/h8-11,16H,4-7,12H2,1-3H3,(H,19,21). The lowest BCUT2D eigenvalue weighted by atomic mass is 10.1. The van der Waals surface area contributed by atoms with Gasteiger partial charge in [0.25, 0.3) is 0 Å². The van der Waals surface area contributed by atoms with Crippen LogP contribution in [0.3, 0.4) is 0 Å². The molecule has 0 atom stereocenters. The van der Waals surface area contributed by atoms with E-state index >= 15 is 0 Å². The lowest BCUT2D eigenvalue weighted by molar-refractivity contribution is -0.116. The van der Waals surface area contributed by atoms with Gasteiger partial charge in [-0.3, -0.25) is 4.79 Å². The summed E-state index contributed by atoms with van der Waals surface area (Å²) in [6, 6.07) is 9.58. The zero-order valence-corrected chi connectivity index (χ0v) is 13.2. The highest BCUT2D eigenvalue weighted by Crippen LogP contribution is 2.10. The molecular formula is C17H25N3O. The lowest BCUT2D eigenvalue weighted by Crippen LogP contribution is -2.31. The fourth-order valence-electron chi connectivity index (χ4n) is 2.44. The van der Waals surface area contributed by atoms with Crippen molar-refractivity contribution >= 4 is 11.6 Å². The molecule has 114 valence electrons. The summed E-state index contributed by atoms with van der Waals surface area (Å²) in [5.41, 5.74) is 1.34. The summed E-state index contributed by atoms with van der Waals surface area (Å²) in [5.74, 6) is 0.0256. The summed E-state index contributed by atoms with van der Waals surface area (Å²) in [6.07, 6.45) is 3.66. The second-order valence-corrected chi connectivity index (χ2v) is 5.29. The summed E-state index contributed by atoms with van der Waals surface area (Å²) in [5, 5.41) is 11.6. The van der Waals surface area contributed by atoms with Gasteiger partial charge in [0.05, 0.1) is 11.6 Å². The summed E-state index contributed by atoms with van der Waals surface area (Å²) in [7, 11) is 2.12. The number of nitrogens with zero attached hydrogens (tertiary/aromatic N) is 2. The number of anilines is 1. The Hall–Kier alpha value is -1.86. The molecule has 0 bridgehead atoms. The topological polar surface area (TPSA) is 56.1 Å². The quantitative estimate of drug-likeness (QED) is 0.797. The van der Waals surface area contributed by atoms with Gasteiger partial charge in [-0.15, -0.1) is 0 Å². The fourth-order valence-corrected chi connectivity index (χ4v) is 2.44. The SMILES string of the molecule is CCC(CC)N(C)CCCC(=O)Nc1ccc(C#N)cc1. The highest BCUT2D eigenvalue weighted by atomic mass is 16.1. The largest absolute Gasteiger partial charge is 0.326 e. The molecule has 1 rings (SSSR count). The van der Waals surface area contributed by atoms with Gasteiger partial charge >= 0.3 is 0 Å². The van der Waals surface area contributed by atoms with E-state index in [9.17, 15) is 4.79 Å². The Kier molecular flexibility index (Phi) is 7.49. The number of nitrogens with one attached hydrogen (secondary N) is 1. The van der Waals surface area contributed by atoms with Gasteiger partial charge in [0.15, 0.2) is 0 Å². The molecule has 0 saturated carbocycles. The smallest absolute Gasteiger partial charge is 0.224 e. The van der Waals surface area contributed by atoms with E-state index in [1.807, 2.05) is 0 Å². The molecule has 1 amide bonds. The third-order valence-corrected chi connectivity index (χ3v) is 3.78. The lowest BCUT2D eigenvalue weighted by Gasteiger charge is -2.25. The van der Waals surface area contributed by atoms with Crippen LogP contribution in [0.2, 0.25) is 0 Å². The number of carbonyl (C=O) groups excluding carboxylic acids is 1. The molecule has 0 radical (unpaired) electrons. The van der Waals surface area contributed by atoms with Crippen molar-refractivity contribution in [3.05, 3.63) is 29.8 Å². The summed E-state index contributed by atoms with van der Waals surface area (Å²) in [4.78, 5) is 14.2. The van der Waals surface area contributed by atoms with Crippen LogP contribution in [0, 0.1) is 11.3 Å². The molecule has 0 unspecified atom stereocenters. The summed E-state index contributed by atoms with van der Waals surface area (Å²) in [6.45, 7) is 5.33. The molecule has 0 aliphatic carbocycles. The first kappa shape index (κ1) is 17.2. The second kappa shape index (κ2) is 9.15. The van der Waals surface area contributed by atoms with Crippen LogP contribution >= 0.6 is 0 Å². The van der Waals surface area contributed by atoms with Crippen LogP contribution in [0.1, 0.15) is 45.1 Å². The Morgan fingerprint density at radius 2 is 1.90 bits per heavy atom. The van der Waals surface area contributed by atoms with Crippen molar-refractivity contribution in [2.45, 2.75) is 45.6 Å². The van der Waals surface area contributed by atoms with Crippen molar-refractivity contribution in [2.75, 3.05) is 18.9 Å². The number of hydrogen-bond donors (Lipinski definition) is 1. The minimum Gasteiger partial charge on any atom is -0.326 e. The minimum atomic E-state index is 0.0256. The van der Waals surface area contributed by atoms with Gasteiger partial charge in [-0.25, -0.2) is 0 Å². The fraction of sp³-hybridized carbons (Fsp3) is 0.529. The molecule has 1 aromatic carbocycles. The van der Waals surface area contributed by atoms with E-state index in [2.05, 4.69) is 37.2 Å². The third-order valence-electron chi connectivity index (χ3n) is 3.78. The molecule has 4 nitrogen and oxygen atoms in total. The Morgan fingerprint density at radius 1 is 1.29 bits per heavy atom. The van der Waals surface area contributed by atoms with Crippen LogP contribution in [-0.4, -0.2) is 30.4 Å². The molecule has 0 fully saturated rings. The highest BCUT2D eigenvalue weighted by Gasteiger charge is 2.10. The van der Waals surface area contributed by atoms with Crippen molar-refractivity contribution < 1.29 is 4.79 Å². The van der Waals surface area contributed by atoms with Crippen LogP contribution in [0.25, 0.3) is 0 Å². The van der Waals surface area contributed by atoms with Gasteiger partial charge in [-0.1, -0.05) is 13.8 Å². The Labute approximate surface area is 127 Å². The van der Waals surface area contributed by atoms with Crippen molar-refractivity contribution in [2.24, 2.45) is 0 Å². The van der Waals surface area contributed by atoms with Gasteiger partial charge in [0.2, 0.25) is 5.91 Å². The first-order valence-electron chi connectivity index (χ1n) is 7.61. The van der Waals surface area contributed by atoms with Crippen LogP contribution in [-0.2, 0) is 4.79 Å². The molecule has 0 aliphatic heterocycles. The van der Waals surface area contributed by atoms with Crippen LogP contribution in [0.15, 0.2) is 24.3 Å². The second-order valence-electron chi connectivity index (χ2n) is 5.29. The molecule has 0 aromatic heterocycles. The van der Waals surface area contributed by atoms with Crippen molar-refractivity contribution in [3.8, 4) is 6.07 Å². The number of hydrogen-bond acceptors (Lipinski definition) is 3. The van der Waals surface area contributed by atoms with Gasteiger partial charge in [0.1, 0.15) is 0 Å². The zero-order valence-electron chi connectivity index (χ0n) is 13.2. The zero-order chi connectivity index (χ0) is 15.7. The molecule has 0 heterocycles. The van der Waals surface area contributed by atoms with E-state index in [1.165, 1.54) is 0 Å². The Bertz CT molecular complexity index is 472. The molecule has 0 saturated heterocycles. The average Bonchev–Trinajstić information content (AvgIpc) is 2.49. The molecule has 1 aromatic rings. The van der Waals surface area contributed by atoms with Gasteiger partial charge in [0, 0.05) is 18.2 Å². The van der Waals surface area contributed by atoms with Gasteiger partial charge < -0.3 is 10.2 Å². The molecule has 1 N–H and O–H groups in total. The molecule has 0 aliphatic rings.